The molecular formula is C18H22N6O2S. The number of carbonyl (C=O) groups is 1. The molecule has 0 radical (unpaired) electrons. The number of aromatic nitrogens is 4. The summed E-state index contributed by atoms with van der Waals surface area (Å²) in [5.41, 5.74) is 0.990. The van der Waals surface area contributed by atoms with Gasteiger partial charge >= 0.3 is 0 Å². The zero-order valence-corrected chi connectivity index (χ0v) is 16.4. The van der Waals surface area contributed by atoms with Crippen LogP contribution in [0.5, 0.6) is 5.88 Å². The molecule has 4 heterocycles. The van der Waals surface area contributed by atoms with Gasteiger partial charge < -0.3 is 10.1 Å². The fourth-order valence-electron chi connectivity index (χ4n) is 3.40. The Morgan fingerprint density at radius 2 is 2.22 bits per heavy atom. The van der Waals surface area contributed by atoms with Crippen molar-refractivity contribution in [1.29, 1.82) is 0 Å². The van der Waals surface area contributed by atoms with Gasteiger partial charge in [-0.25, -0.2) is 9.97 Å². The number of hydrogen-bond donors (Lipinski definition) is 1. The van der Waals surface area contributed by atoms with E-state index in [1.165, 1.54) is 18.3 Å². The van der Waals surface area contributed by atoms with Crippen molar-refractivity contribution in [2.24, 2.45) is 7.05 Å². The third kappa shape index (κ3) is 3.93. The zero-order valence-electron chi connectivity index (χ0n) is 15.5. The summed E-state index contributed by atoms with van der Waals surface area (Å²) in [7, 11) is 1.90. The number of aryl methyl sites for hydroxylation is 1. The predicted octanol–water partition coefficient (Wildman–Crippen LogP) is 2.43. The molecule has 0 aliphatic carbocycles. The highest BCUT2D eigenvalue weighted by molar-refractivity contribution is 7.15. The van der Waals surface area contributed by atoms with Crippen LogP contribution in [0.2, 0.25) is 0 Å². The Balaban J connectivity index is 1.38. The molecule has 0 spiro atoms. The lowest BCUT2D eigenvalue weighted by molar-refractivity contribution is -0.114. The van der Waals surface area contributed by atoms with Crippen LogP contribution in [0.3, 0.4) is 0 Å². The number of likely N-dealkylation sites (tertiary alicyclic amines) is 1. The minimum absolute atomic E-state index is 0.100. The summed E-state index contributed by atoms with van der Waals surface area (Å²) in [6.07, 6.45) is 6.50. The van der Waals surface area contributed by atoms with E-state index in [1.807, 2.05) is 25.5 Å². The van der Waals surface area contributed by atoms with Crippen LogP contribution in [0.15, 0.2) is 24.7 Å². The summed E-state index contributed by atoms with van der Waals surface area (Å²) in [5, 5.41) is 8.64. The van der Waals surface area contributed by atoms with Crippen molar-refractivity contribution >= 4 is 33.3 Å². The molecule has 3 aromatic heterocycles. The summed E-state index contributed by atoms with van der Waals surface area (Å²) < 4.78 is 7.93. The smallest absolute Gasteiger partial charge is 0.223 e. The third-order valence-electron chi connectivity index (χ3n) is 4.76. The van der Waals surface area contributed by atoms with Crippen LogP contribution in [0.1, 0.15) is 25.1 Å². The summed E-state index contributed by atoms with van der Waals surface area (Å²) in [4.78, 5) is 23.3. The van der Waals surface area contributed by atoms with Crippen molar-refractivity contribution in [3.05, 3.63) is 29.5 Å². The van der Waals surface area contributed by atoms with Gasteiger partial charge in [-0.15, -0.1) is 11.3 Å². The number of fused-ring (bicyclic) bond motifs is 1. The van der Waals surface area contributed by atoms with Gasteiger partial charge in [0.25, 0.3) is 0 Å². The second kappa shape index (κ2) is 7.24. The number of rotatable bonds is 5. The van der Waals surface area contributed by atoms with E-state index < -0.39 is 0 Å². The maximum atomic E-state index is 11.1. The van der Waals surface area contributed by atoms with E-state index in [9.17, 15) is 4.79 Å². The monoisotopic (exact) mass is 386 g/mol. The maximum absolute atomic E-state index is 11.1. The van der Waals surface area contributed by atoms with E-state index in [1.54, 1.807) is 10.9 Å². The van der Waals surface area contributed by atoms with Crippen LogP contribution >= 0.6 is 11.3 Å². The fraction of sp³-hybridized carbons (Fsp3) is 0.444. The number of hydrogen-bond acceptors (Lipinski definition) is 7. The van der Waals surface area contributed by atoms with Crippen LogP contribution in [-0.4, -0.2) is 49.2 Å². The van der Waals surface area contributed by atoms with Gasteiger partial charge in [0.1, 0.15) is 6.10 Å². The molecule has 9 heteroatoms. The normalized spacial score (nSPS) is 20.3. The van der Waals surface area contributed by atoms with Crippen LogP contribution in [0.25, 0.3) is 10.9 Å². The Kier molecular flexibility index (Phi) is 4.79. The Morgan fingerprint density at radius 1 is 1.37 bits per heavy atom. The molecule has 1 aliphatic heterocycles. The van der Waals surface area contributed by atoms with Crippen molar-refractivity contribution in [2.45, 2.75) is 39.0 Å². The molecule has 8 nitrogen and oxygen atoms in total. The first-order valence-electron chi connectivity index (χ1n) is 8.88. The summed E-state index contributed by atoms with van der Waals surface area (Å²) >= 11 is 1.51. The molecule has 4 rings (SSSR count). The first-order chi connectivity index (χ1) is 13.0. The van der Waals surface area contributed by atoms with Crippen molar-refractivity contribution in [1.82, 2.24) is 24.6 Å². The molecule has 27 heavy (non-hydrogen) atoms. The molecule has 1 amide bonds. The molecule has 1 fully saturated rings. The van der Waals surface area contributed by atoms with Gasteiger partial charge in [0.15, 0.2) is 5.13 Å². The van der Waals surface area contributed by atoms with Gasteiger partial charge in [-0.3, -0.25) is 14.4 Å². The number of amides is 1. The van der Waals surface area contributed by atoms with Gasteiger partial charge in [-0.2, -0.15) is 5.10 Å². The lowest BCUT2D eigenvalue weighted by atomic mass is 10.2. The number of ether oxygens (including phenoxy) is 1. The topological polar surface area (TPSA) is 85.2 Å². The molecule has 1 aliphatic rings. The van der Waals surface area contributed by atoms with Gasteiger partial charge in [-0.1, -0.05) is 0 Å². The van der Waals surface area contributed by atoms with Crippen molar-refractivity contribution in [3.8, 4) is 5.88 Å². The largest absolute Gasteiger partial charge is 0.473 e. The Morgan fingerprint density at radius 3 is 3.04 bits per heavy atom. The Labute approximate surface area is 161 Å². The molecule has 3 aromatic rings. The van der Waals surface area contributed by atoms with Crippen molar-refractivity contribution < 1.29 is 9.53 Å². The minimum Gasteiger partial charge on any atom is -0.473 e. The lowest BCUT2D eigenvalue weighted by Gasteiger charge is -2.19. The number of anilines is 1. The number of nitrogens with one attached hydrogen (secondary N) is 1. The first kappa shape index (κ1) is 17.9. The quantitative estimate of drug-likeness (QED) is 0.725. The van der Waals surface area contributed by atoms with Gasteiger partial charge in [0.05, 0.1) is 17.9 Å². The summed E-state index contributed by atoms with van der Waals surface area (Å²) in [5.74, 6) is 0.539. The number of thiazole rings is 1. The maximum Gasteiger partial charge on any atom is 0.223 e. The Hall–Kier alpha value is -2.52. The van der Waals surface area contributed by atoms with E-state index in [0.717, 1.165) is 35.3 Å². The molecule has 1 saturated heterocycles. The van der Waals surface area contributed by atoms with Crippen molar-refractivity contribution in [3.63, 3.8) is 0 Å². The van der Waals surface area contributed by atoms with Gasteiger partial charge in [0, 0.05) is 62.1 Å². The Bertz CT molecular complexity index is 968. The highest BCUT2D eigenvalue weighted by Gasteiger charge is 2.31. The molecule has 0 unspecified atom stereocenters. The van der Waals surface area contributed by atoms with E-state index in [-0.39, 0.29) is 12.0 Å². The standard InChI is InChI=1S/C18H22N6O2S/c1-11-4-14(26-17-5-13-6-21-23(3)16(13)8-19-17)9-24(11)10-15-7-20-18(27-15)22-12(2)25/h5-8,11,14H,4,9-10H2,1-3H3,(H,20,22,25)/t11-,14+/m0/s1. The second-order valence-corrected chi connectivity index (χ2v) is 8.03. The second-order valence-electron chi connectivity index (χ2n) is 6.92. The first-order valence-corrected chi connectivity index (χ1v) is 9.70. The minimum atomic E-state index is -0.100. The van der Waals surface area contributed by atoms with E-state index >= 15 is 0 Å². The van der Waals surface area contributed by atoms with E-state index in [4.69, 9.17) is 4.74 Å². The average molecular weight is 386 g/mol. The summed E-state index contributed by atoms with van der Waals surface area (Å²) in [6.45, 7) is 5.33. The predicted molar refractivity (Wildman–Crippen MR) is 104 cm³/mol. The molecule has 2 atom stereocenters. The molecule has 0 bridgehead atoms. The molecule has 142 valence electrons. The third-order valence-corrected chi connectivity index (χ3v) is 5.65. The fourth-order valence-corrected chi connectivity index (χ4v) is 4.29. The number of nitrogens with zero attached hydrogens (tertiary/aromatic N) is 5. The van der Waals surface area contributed by atoms with E-state index in [0.29, 0.717) is 17.1 Å². The van der Waals surface area contributed by atoms with Crippen LogP contribution in [0, 0.1) is 0 Å². The highest BCUT2D eigenvalue weighted by atomic mass is 32.1. The number of pyridine rings is 1. The molecule has 1 N–H and O–H groups in total. The lowest BCUT2D eigenvalue weighted by Crippen LogP contribution is -2.27. The molecular weight excluding hydrogens is 364 g/mol. The van der Waals surface area contributed by atoms with E-state index in [2.05, 4.69) is 32.2 Å². The average Bonchev–Trinajstić information content (AvgIpc) is 3.29. The van der Waals surface area contributed by atoms with Crippen LogP contribution in [-0.2, 0) is 18.4 Å². The SMILES string of the molecule is CC(=O)Nc1ncc(CN2C[C@H](Oc3cc4cnn(C)c4cn3)C[C@@H]2C)s1. The van der Waals surface area contributed by atoms with Crippen LogP contribution in [0.4, 0.5) is 5.13 Å². The number of carbonyl (C=O) groups excluding carboxylic acids is 1. The molecule has 0 aromatic carbocycles. The van der Waals surface area contributed by atoms with Crippen LogP contribution < -0.4 is 10.1 Å². The van der Waals surface area contributed by atoms with Gasteiger partial charge in [0.2, 0.25) is 11.8 Å². The highest BCUT2D eigenvalue weighted by Crippen LogP contribution is 2.27. The molecule has 0 saturated carbocycles. The summed E-state index contributed by atoms with van der Waals surface area (Å²) in [6, 6.07) is 2.35. The van der Waals surface area contributed by atoms with Gasteiger partial charge in [-0.05, 0) is 6.92 Å². The zero-order chi connectivity index (χ0) is 19.0. The van der Waals surface area contributed by atoms with Crippen molar-refractivity contribution in [2.75, 3.05) is 11.9 Å².